The number of hydrogen-bond acceptors (Lipinski definition) is 3. The van der Waals surface area contributed by atoms with Crippen molar-refractivity contribution in [3.8, 4) is 5.75 Å². The molecule has 0 aliphatic carbocycles. The second-order valence-corrected chi connectivity index (χ2v) is 5.11. The second kappa shape index (κ2) is 7.05. The van der Waals surface area contributed by atoms with Crippen LogP contribution < -0.4 is 4.74 Å². The zero-order valence-corrected chi connectivity index (χ0v) is 12.3. The lowest BCUT2D eigenvalue weighted by molar-refractivity contribution is 0.0697. The van der Waals surface area contributed by atoms with Gasteiger partial charge in [0.2, 0.25) is 0 Å². The number of pyridine rings is 1. The smallest absolute Gasteiger partial charge is 0.335 e. The number of nitrogens with zero attached hydrogens (tertiary/aromatic N) is 1. The maximum Gasteiger partial charge on any atom is 0.335 e. The number of halogens is 1. The third-order valence-corrected chi connectivity index (χ3v) is 3.42. The number of benzene rings is 1. The molecule has 0 bridgehead atoms. The summed E-state index contributed by atoms with van der Waals surface area (Å²) in [6, 6.07) is 8.71. The minimum Gasteiger partial charge on any atom is -0.492 e. The molecule has 1 N–H and O–H groups in total. The first-order valence-corrected chi connectivity index (χ1v) is 7.00. The average Bonchev–Trinajstić information content (AvgIpc) is 2.46. The Hall–Kier alpha value is -1.88. The summed E-state index contributed by atoms with van der Waals surface area (Å²) < 4.78 is 6.29. The van der Waals surface area contributed by atoms with Crippen molar-refractivity contribution in [3.63, 3.8) is 0 Å². The van der Waals surface area contributed by atoms with Crippen molar-refractivity contribution in [1.82, 2.24) is 4.98 Å². The van der Waals surface area contributed by atoms with Crippen LogP contribution in [0, 0.1) is 0 Å². The normalized spacial score (nSPS) is 10.2. The van der Waals surface area contributed by atoms with Crippen LogP contribution in [0.2, 0.25) is 0 Å². The van der Waals surface area contributed by atoms with E-state index in [-0.39, 0.29) is 5.56 Å². The molecule has 0 aliphatic heterocycles. The Kier molecular flexibility index (Phi) is 5.12. The van der Waals surface area contributed by atoms with Crippen molar-refractivity contribution in [2.75, 3.05) is 6.61 Å². The lowest BCUT2D eigenvalue weighted by Gasteiger charge is -2.08. The van der Waals surface area contributed by atoms with E-state index in [2.05, 4.69) is 20.9 Å². The maximum atomic E-state index is 10.8. The Morgan fingerprint density at radius 1 is 1.25 bits per heavy atom. The molecule has 0 radical (unpaired) electrons. The zero-order valence-electron chi connectivity index (χ0n) is 10.8. The highest BCUT2D eigenvalue weighted by Crippen LogP contribution is 2.26. The Morgan fingerprint density at radius 3 is 2.65 bits per heavy atom. The maximum absolute atomic E-state index is 10.8. The first-order chi connectivity index (χ1) is 9.66. The van der Waals surface area contributed by atoms with Gasteiger partial charge in [0.25, 0.3) is 0 Å². The van der Waals surface area contributed by atoms with Gasteiger partial charge in [0.1, 0.15) is 5.75 Å². The molecule has 0 aliphatic rings. The van der Waals surface area contributed by atoms with Crippen LogP contribution in [0.5, 0.6) is 5.75 Å². The van der Waals surface area contributed by atoms with Crippen molar-refractivity contribution >= 4 is 21.9 Å². The molecule has 1 heterocycles. The number of carboxylic acids is 1. The molecule has 5 heteroatoms. The number of carboxylic acid groups (broad SMARTS) is 1. The van der Waals surface area contributed by atoms with Crippen LogP contribution in [0.1, 0.15) is 22.3 Å². The summed E-state index contributed by atoms with van der Waals surface area (Å²) in [5, 5.41) is 8.87. The molecule has 4 nitrogen and oxygen atoms in total. The lowest BCUT2D eigenvalue weighted by atomic mass is 10.1. The zero-order chi connectivity index (χ0) is 14.4. The van der Waals surface area contributed by atoms with E-state index in [9.17, 15) is 4.79 Å². The van der Waals surface area contributed by atoms with Crippen LogP contribution in [-0.4, -0.2) is 22.7 Å². The number of aromatic carboxylic acids is 1. The van der Waals surface area contributed by atoms with Gasteiger partial charge in [-0.2, -0.15) is 0 Å². The van der Waals surface area contributed by atoms with Gasteiger partial charge in [-0.25, -0.2) is 4.79 Å². The van der Waals surface area contributed by atoms with Gasteiger partial charge in [0, 0.05) is 12.4 Å². The Labute approximate surface area is 125 Å². The molecule has 2 rings (SSSR count). The fourth-order valence-corrected chi connectivity index (χ4v) is 2.25. The van der Waals surface area contributed by atoms with Gasteiger partial charge in [-0.05, 0) is 64.7 Å². The van der Waals surface area contributed by atoms with Gasteiger partial charge < -0.3 is 9.84 Å². The largest absolute Gasteiger partial charge is 0.492 e. The van der Waals surface area contributed by atoms with Crippen molar-refractivity contribution in [2.45, 2.75) is 12.8 Å². The minimum absolute atomic E-state index is 0.237. The van der Waals surface area contributed by atoms with E-state index in [1.54, 1.807) is 24.5 Å². The highest BCUT2D eigenvalue weighted by Gasteiger charge is 2.07. The predicted molar refractivity (Wildman–Crippen MR) is 79.2 cm³/mol. The summed E-state index contributed by atoms with van der Waals surface area (Å²) in [4.78, 5) is 14.8. The number of aromatic nitrogens is 1. The molecule has 0 spiro atoms. The summed E-state index contributed by atoms with van der Waals surface area (Å²) in [6.45, 7) is 0.577. The van der Waals surface area contributed by atoms with Crippen LogP contribution >= 0.6 is 15.9 Å². The molecular formula is C15H14BrNO3. The van der Waals surface area contributed by atoms with E-state index in [0.717, 1.165) is 12.8 Å². The molecule has 1 aromatic carbocycles. The van der Waals surface area contributed by atoms with E-state index in [4.69, 9.17) is 9.84 Å². The van der Waals surface area contributed by atoms with Crippen molar-refractivity contribution in [2.24, 2.45) is 0 Å². The van der Waals surface area contributed by atoms with Crippen molar-refractivity contribution in [1.29, 1.82) is 0 Å². The number of aryl methyl sites for hydroxylation is 1. The van der Waals surface area contributed by atoms with Crippen molar-refractivity contribution < 1.29 is 14.6 Å². The Bertz CT molecular complexity index is 587. The van der Waals surface area contributed by atoms with Crippen LogP contribution in [0.15, 0.2) is 47.2 Å². The molecule has 0 saturated heterocycles. The summed E-state index contributed by atoms with van der Waals surface area (Å²) in [7, 11) is 0. The van der Waals surface area contributed by atoms with Crippen molar-refractivity contribution in [3.05, 3.63) is 58.3 Å². The molecule has 2 aromatic rings. The first kappa shape index (κ1) is 14.5. The first-order valence-electron chi connectivity index (χ1n) is 6.21. The van der Waals surface area contributed by atoms with Crippen LogP contribution in [-0.2, 0) is 6.42 Å². The molecule has 1 aromatic heterocycles. The molecule has 20 heavy (non-hydrogen) atoms. The van der Waals surface area contributed by atoms with Crippen LogP contribution in [0.3, 0.4) is 0 Å². The molecule has 0 unspecified atom stereocenters. The van der Waals surface area contributed by atoms with Gasteiger partial charge in [0.05, 0.1) is 16.6 Å². The third kappa shape index (κ3) is 4.06. The summed E-state index contributed by atoms with van der Waals surface area (Å²) >= 11 is 3.32. The van der Waals surface area contributed by atoms with Crippen LogP contribution in [0.4, 0.5) is 0 Å². The topological polar surface area (TPSA) is 59.4 Å². The fraction of sp³-hybridized carbons (Fsp3) is 0.200. The molecule has 0 fully saturated rings. The van der Waals surface area contributed by atoms with Gasteiger partial charge in [-0.1, -0.05) is 0 Å². The van der Waals surface area contributed by atoms with E-state index >= 15 is 0 Å². The van der Waals surface area contributed by atoms with Gasteiger partial charge in [-0.3, -0.25) is 4.98 Å². The fourth-order valence-electron chi connectivity index (χ4n) is 1.76. The highest BCUT2D eigenvalue weighted by molar-refractivity contribution is 9.10. The number of hydrogen-bond donors (Lipinski definition) is 1. The molecule has 0 saturated carbocycles. The Balaban J connectivity index is 1.84. The lowest BCUT2D eigenvalue weighted by Crippen LogP contribution is -2.01. The molecule has 0 atom stereocenters. The van der Waals surface area contributed by atoms with Crippen LogP contribution in [0.25, 0.3) is 0 Å². The standard InChI is InChI=1S/C15H14BrNO3/c16-13-10-12(15(18)19)3-4-14(13)20-9-1-2-11-5-7-17-8-6-11/h3-8,10H,1-2,9H2,(H,18,19). The second-order valence-electron chi connectivity index (χ2n) is 4.26. The molecule has 0 amide bonds. The predicted octanol–water partition coefficient (Wildman–Crippen LogP) is 3.55. The third-order valence-electron chi connectivity index (χ3n) is 2.80. The number of carbonyl (C=O) groups is 1. The van der Waals surface area contributed by atoms with E-state index in [1.807, 2.05) is 12.1 Å². The van der Waals surface area contributed by atoms with E-state index in [1.165, 1.54) is 11.6 Å². The quantitative estimate of drug-likeness (QED) is 0.820. The van der Waals surface area contributed by atoms with Gasteiger partial charge >= 0.3 is 5.97 Å². The summed E-state index contributed by atoms with van der Waals surface area (Å²) in [5.41, 5.74) is 1.46. The van der Waals surface area contributed by atoms with E-state index < -0.39 is 5.97 Å². The molecule has 104 valence electrons. The number of ether oxygens (including phenoxy) is 1. The van der Waals surface area contributed by atoms with Gasteiger partial charge in [-0.15, -0.1) is 0 Å². The SMILES string of the molecule is O=C(O)c1ccc(OCCCc2ccncc2)c(Br)c1. The monoisotopic (exact) mass is 335 g/mol. The minimum atomic E-state index is -0.949. The molecular weight excluding hydrogens is 322 g/mol. The summed E-state index contributed by atoms with van der Waals surface area (Å²) in [6.07, 6.45) is 5.36. The summed E-state index contributed by atoms with van der Waals surface area (Å²) in [5.74, 6) is -0.292. The van der Waals surface area contributed by atoms with E-state index in [0.29, 0.717) is 16.8 Å². The average molecular weight is 336 g/mol. The highest BCUT2D eigenvalue weighted by atomic mass is 79.9. The van der Waals surface area contributed by atoms with Gasteiger partial charge in [0.15, 0.2) is 0 Å². The Morgan fingerprint density at radius 2 is 2.00 bits per heavy atom. The number of rotatable bonds is 6.